The average Bonchev–Trinajstić information content (AvgIpc) is 2.27. The molecule has 0 bridgehead atoms. The Balaban J connectivity index is 1.88. The Morgan fingerprint density at radius 1 is 1.35 bits per heavy atom. The lowest BCUT2D eigenvalue weighted by atomic mass is 9.91. The van der Waals surface area contributed by atoms with Crippen LogP contribution in [0, 0.1) is 0 Å². The quantitative estimate of drug-likeness (QED) is 0.513. The van der Waals surface area contributed by atoms with Crippen molar-refractivity contribution >= 4 is 12.3 Å². The number of hydrogen-bond donors (Lipinski definition) is 1. The number of rotatable bonds is 2. The van der Waals surface area contributed by atoms with Gasteiger partial charge in [-0.1, -0.05) is 29.4 Å². The Bertz CT molecular complexity index is 497. The second-order valence-corrected chi connectivity index (χ2v) is 5.99. The standard InChI is InChI=1S/C15H20N2O3/c1-15(2,3)20-14(18)17-9-13(10-17)12-6-4-11(5-7-12)8-16-19/h4-8,13,19H,9-10H2,1-3H3/b16-8+. The Kier molecular flexibility index (Phi) is 3.97. The zero-order chi connectivity index (χ0) is 14.8. The maximum Gasteiger partial charge on any atom is 0.410 e. The molecule has 1 N–H and O–H groups in total. The summed E-state index contributed by atoms with van der Waals surface area (Å²) in [6.07, 6.45) is 1.13. The summed E-state index contributed by atoms with van der Waals surface area (Å²) in [7, 11) is 0. The van der Waals surface area contributed by atoms with E-state index in [4.69, 9.17) is 9.94 Å². The van der Waals surface area contributed by atoms with Gasteiger partial charge in [-0.05, 0) is 31.9 Å². The van der Waals surface area contributed by atoms with Gasteiger partial charge in [0.1, 0.15) is 5.60 Å². The van der Waals surface area contributed by atoms with E-state index in [1.165, 1.54) is 11.8 Å². The molecule has 0 saturated carbocycles. The molecule has 0 aromatic heterocycles. The molecule has 108 valence electrons. The fourth-order valence-electron chi connectivity index (χ4n) is 2.09. The van der Waals surface area contributed by atoms with Crippen molar-refractivity contribution in [3.8, 4) is 0 Å². The van der Waals surface area contributed by atoms with Crippen LogP contribution in [0.1, 0.15) is 37.8 Å². The molecule has 0 radical (unpaired) electrons. The van der Waals surface area contributed by atoms with Gasteiger partial charge in [0.2, 0.25) is 0 Å². The van der Waals surface area contributed by atoms with Gasteiger partial charge in [0.05, 0.1) is 6.21 Å². The van der Waals surface area contributed by atoms with Gasteiger partial charge in [0, 0.05) is 19.0 Å². The molecule has 0 atom stereocenters. The van der Waals surface area contributed by atoms with Gasteiger partial charge in [0.25, 0.3) is 0 Å². The Morgan fingerprint density at radius 3 is 2.45 bits per heavy atom. The summed E-state index contributed by atoms with van der Waals surface area (Å²) < 4.78 is 5.32. The van der Waals surface area contributed by atoms with E-state index in [-0.39, 0.29) is 6.09 Å². The summed E-state index contributed by atoms with van der Waals surface area (Å²) in [5.41, 5.74) is 1.58. The monoisotopic (exact) mass is 276 g/mol. The predicted molar refractivity (Wildman–Crippen MR) is 76.4 cm³/mol. The van der Waals surface area contributed by atoms with Gasteiger partial charge in [-0.3, -0.25) is 0 Å². The topological polar surface area (TPSA) is 62.1 Å². The van der Waals surface area contributed by atoms with E-state index in [0.29, 0.717) is 19.0 Å². The average molecular weight is 276 g/mol. The first-order valence-electron chi connectivity index (χ1n) is 6.64. The molecule has 0 spiro atoms. The zero-order valence-corrected chi connectivity index (χ0v) is 12.0. The van der Waals surface area contributed by atoms with Crippen LogP contribution in [0.25, 0.3) is 0 Å². The lowest BCUT2D eigenvalue weighted by Crippen LogP contribution is -2.50. The number of hydrogen-bond acceptors (Lipinski definition) is 4. The second kappa shape index (κ2) is 5.53. The number of carbonyl (C=O) groups excluding carboxylic acids is 1. The number of ether oxygens (including phenoxy) is 1. The van der Waals surface area contributed by atoms with Crippen molar-refractivity contribution in [1.29, 1.82) is 0 Å². The lowest BCUT2D eigenvalue weighted by molar-refractivity contribution is 0.00819. The highest BCUT2D eigenvalue weighted by molar-refractivity contribution is 5.79. The molecular weight excluding hydrogens is 256 g/mol. The number of nitrogens with zero attached hydrogens (tertiary/aromatic N) is 2. The Morgan fingerprint density at radius 2 is 1.95 bits per heavy atom. The van der Waals surface area contributed by atoms with Crippen molar-refractivity contribution < 1.29 is 14.7 Å². The van der Waals surface area contributed by atoms with E-state index in [9.17, 15) is 4.79 Å². The number of oxime groups is 1. The van der Waals surface area contributed by atoms with Crippen molar-refractivity contribution in [2.45, 2.75) is 32.3 Å². The second-order valence-electron chi connectivity index (χ2n) is 5.99. The van der Waals surface area contributed by atoms with Crippen molar-refractivity contribution in [2.24, 2.45) is 5.16 Å². The molecule has 1 aromatic rings. The van der Waals surface area contributed by atoms with Crippen LogP contribution in [0.2, 0.25) is 0 Å². The first kappa shape index (κ1) is 14.4. The van der Waals surface area contributed by atoms with Crippen LogP contribution in [0.3, 0.4) is 0 Å². The molecule has 1 aliphatic heterocycles. The third-order valence-electron chi connectivity index (χ3n) is 3.15. The zero-order valence-electron chi connectivity index (χ0n) is 12.0. The molecule has 2 rings (SSSR count). The van der Waals surface area contributed by atoms with Crippen LogP contribution < -0.4 is 0 Å². The van der Waals surface area contributed by atoms with Crippen molar-refractivity contribution in [1.82, 2.24) is 4.90 Å². The highest BCUT2D eigenvalue weighted by Crippen LogP contribution is 2.28. The van der Waals surface area contributed by atoms with E-state index in [0.717, 1.165) is 5.56 Å². The fourth-order valence-corrected chi connectivity index (χ4v) is 2.09. The van der Waals surface area contributed by atoms with E-state index < -0.39 is 5.60 Å². The SMILES string of the molecule is CC(C)(C)OC(=O)N1CC(c2ccc(/C=N/O)cc2)C1. The third-order valence-corrected chi connectivity index (χ3v) is 3.15. The van der Waals surface area contributed by atoms with Crippen molar-refractivity contribution in [3.05, 3.63) is 35.4 Å². The van der Waals surface area contributed by atoms with E-state index >= 15 is 0 Å². The molecule has 5 heteroatoms. The summed E-state index contributed by atoms with van der Waals surface area (Å²) in [5, 5.41) is 11.4. The molecule has 1 aromatic carbocycles. The van der Waals surface area contributed by atoms with Gasteiger partial charge >= 0.3 is 6.09 Å². The van der Waals surface area contributed by atoms with Crippen LogP contribution >= 0.6 is 0 Å². The molecule has 0 unspecified atom stereocenters. The van der Waals surface area contributed by atoms with Crippen LogP contribution in [0.15, 0.2) is 29.4 Å². The minimum Gasteiger partial charge on any atom is -0.444 e. The van der Waals surface area contributed by atoms with Gasteiger partial charge in [-0.15, -0.1) is 0 Å². The minimum absolute atomic E-state index is 0.252. The normalized spacial score (nSPS) is 16.2. The van der Waals surface area contributed by atoms with E-state index in [1.807, 2.05) is 45.0 Å². The molecule has 1 saturated heterocycles. The van der Waals surface area contributed by atoms with E-state index in [1.54, 1.807) is 4.90 Å². The fraction of sp³-hybridized carbons (Fsp3) is 0.467. The van der Waals surface area contributed by atoms with Crippen molar-refractivity contribution in [3.63, 3.8) is 0 Å². The summed E-state index contributed by atoms with van der Waals surface area (Å²) in [4.78, 5) is 13.5. The molecular formula is C15H20N2O3. The summed E-state index contributed by atoms with van der Waals surface area (Å²) in [6, 6.07) is 7.78. The van der Waals surface area contributed by atoms with Gasteiger partial charge in [-0.25, -0.2) is 4.79 Å². The Hall–Kier alpha value is -2.04. The van der Waals surface area contributed by atoms with E-state index in [2.05, 4.69) is 5.16 Å². The summed E-state index contributed by atoms with van der Waals surface area (Å²) >= 11 is 0. The molecule has 5 nitrogen and oxygen atoms in total. The summed E-state index contributed by atoms with van der Waals surface area (Å²) in [6.45, 7) is 6.96. The maximum absolute atomic E-state index is 11.8. The van der Waals surface area contributed by atoms with Gasteiger partial charge < -0.3 is 14.8 Å². The number of benzene rings is 1. The van der Waals surface area contributed by atoms with Crippen molar-refractivity contribution in [2.75, 3.05) is 13.1 Å². The van der Waals surface area contributed by atoms with Crippen LogP contribution in [0.4, 0.5) is 4.79 Å². The third kappa shape index (κ3) is 3.50. The molecule has 1 aliphatic rings. The number of carbonyl (C=O) groups is 1. The first-order valence-corrected chi connectivity index (χ1v) is 6.64. The van der Waals surface area contributed by atoms with Gasteiger partial charge in [0.15, 0.2) is 0 Å². The Labute approximate surface area is 118 Å². The molecule has 1 heterocycles. The maximum atomic E-state index is 11.8. The van der Waals surface area contributed by atoms with Crippen LogP contribution in [-0.4, -0.2) is 41.1 Å². The highest BCUT2D eigenvalue weighted by atomic mass is 16.6. The number of amides is 1. The van der Waals surface area contributed by atoms with Gasteiger partial charge in [-0.2, -0.15) is 0 Å². The highest BCUT2D eigenvalue weighted by Gasteiger charge is 2.34. The minimum atomic E-state index is -0.451. The van der Waals surface area contributed by atoms with Crippen LogP contribution in [-0.2, 0) is 4.74 Å². The van der Waals surface area contributed by atoms with Crippen LogP contribution in [0.5, 0.6) is 0 Å². The molecule has 1 amide bonds. The number of likely N-dealkylation sites (tertiary alicyclic amines) is 1. The first-order chi connectivity index (χ1) is 9.39. The summed E-state index contributed by atoms with van der Waals surface area (Å²) in [5.74, 6) is 0.350. The molecule has 0 aliphatic carbocycles. The predicted octanol–water partition coefficient (Wildman–Crippen LogP) is 2.83. The smallest absolute Gasteiger partial charge is 0.410 e. The molecule has 1 fully saturated rings. The lowest BCUT2D eigenvalue weighted by Gasteiger charge is -2.40. The molecule has 20 heavy (non-hydrogen) atoms. The largest absolute Gasteiger partial charge is 0.444 e.